The summed E-state index contributed by atoms with van der Waals surface area (Å²) in [7, 11) is 1.39. The van der Waals surface area contributed by atoms with Crippen molar-refractivity contribution >= 4 is 11.6 Å². The number of nitrogens with two attached hydrogens (primary N) is 1. The van der Waals surface area contributed by atoms with Gasteiger partial charge in [-0.1, -0.05) is 11.6 Å². The second-order valence-corrected chi connectivity index (χ2v) is 4.93. The second kappa shape index (κ2) is 4.31. The molecule has 0 amide bonds. The Bertz CT molecular complexity index is 469. The molecule has 6 heteroatoms. The Kier molecular flexibility index (Phi) is 3.23. The molecule has 0 aliphatic heterocycles. The summed E-state index contributed by atoms with van der Waals surface area (Å²) in [6.07, 6.45) is -2.90. The van der Waals surface area contributed by atoms with Crippen molar-refractivity contribution < 1.29 is 17.9 Å². The van der Waals surface area contributed by atoms with Crippen LogP contribution >= 0.6 is 11.6 Å². The Morgan fingerprint density at radius 1 is 1.39 bits per heavy atom. The number of rotatable bonds is 3. The third kappa shape index (κ3) is 2.17. The normalized spacial score (nSPS) is 17.7. The van der Waals surface area contributed by atoms with Gasteiger partial charge in [-0.2, -0.15) is 13.2 Å². The Morgan fingerprint density at radius 2 is 2.00 bits per heavy atom. The molecule has 1 aromatic rings. The van der Waals surface area contributed by atoms with E-state index in [2.05, 4.69) is 0 Å². The first kappa shape index (κ1) is 13.5. The molecule has 2 nitrogen and oxygen atoms in total. The molecular formula is C12H13ClF3NO. The van der Waals surface area contributed by atoms with Gasteiger partial charge in [-0.15, -0.1) is 0 Å². The van der Waals surface area contributed by atoms with Crippen molar-refractivity contribution in [2.75, 3.05) is 13.7 Å². The van der Waals surface area contributed by atoms with E-state index < -0.39 is 17.2 Å². The van der Waals surface area contributed by atoms with Gasteiger partial charge in [0.05, 0.1) is 17.7 Å². The zero-order valence-electron chi connectivity index (χ0n) is 9.77. The van der Waals surface area contributed by atoms with Crippen molar-refractivity contribution in [3.05, 3.63) is 28.3 Å². The summed E-state index contributed by atoms with van der Waals surface area (Å²) >= 11 is 5.87. The van der Waals surface area contributed by atoms with Crippen molar-refractivity contribution in [2.45, 2.75) is 24.4 Å². The molecule has 2 N–H and O–H groups in total. The van der Waals surface area contributed by atoms with Crippen molar-refractivity contribution in [3.8, 4) is 5.75 Å². The minimum atomic E-state index is -4.42. The highest BCUT2D eigenvalue weighted by Gasteiger charge is 2.46. The van der Waals surface area contributed by atoms with Crippen LogP contribution in [0.25, 0.3) is 0 Å². The number of benzene rings is 1. The third-order valence-electron chi connectivity index (χ3n) is 3.39. The maximum Gasteiger partial charge on any atom is 0.416 e. The average molecular weight is 280 g/mol. The molecule has 0 heterocycles. The van der Waals surface area contributed by atoms with Crippen molar-refractivity contribution in [2.24, 2.45) is 5.73 Å². The molecule has 0 atom stereocenters. The topological polar surface area (TPSA) is 35.2 Å². The molecule has 0 radical (unpaired) electrons. The lowest BCUT2D eigenvalue weighted by molar-refractivity contribution is -0.137. The monoisotopic (exact) mass is 279 g/mol. The number of halogens is 4. The standard InChI is InChI=1S/C12H13ClF3NO/c1-18-10-8(11(6-17)2-3-11)4-7(5-9(10)13)12(14,15)16/h4-5H,2-3,6,17H2,1H3. The first-order valence-corrected chi connectivity index (χ1v) is 5.87. The van der Waals surface area contributed by atoms with Crippen LogP contribution in [0.1, 0.15) is 24.0 Å². The van der Waals surface area contributed by atoms with Gasteiger partial charge in [0.25, 0.3) is 0 Å². The SMILES string of the molecule is COc1c(Cl)cc(C(F)(F)F)cc1C1(CN)CC1. The summed E-state index contributed by atoms with van der Waals surface area (Å²) in [6, 6.07) is 1.99. The van der Waals surface area contributed by atoms with Crippen LogP contribution in [0.4, 0.5) is 13.2 Å². The van der Waals surface area contributed by atoms with Gasteiger partial charge >= 0.3 is 6.18 Å². The molecule has 0 saturated heterocycles. The lowest BCUT2D eigenvalue weighted by Gasteiger charge is -2.20. The van der Waals surface area contributed by atoms with E-state index in [1.165, 1.54) is 7.11 Å². The maximum atomic E-state index is 12.8. The van der Waals surface area contributed by atoms with E-state index in [1.807, 2.05) is 0 Å². The Labute approximate surface area is 108 Å². The molecule has 0 spiro atoms. The zero-order valence-corrected chi connectivity index (χ0v) is 10.5. The number of methoxy groups -OCH3 is 1. The first-order chi connectivity index (χ1) is 8.34. The highest BCUT2D eigenvalue weighted by molar-refractivity contribution is 6.32. The van der Waals surface area contributed by atoms with E-state index in [4.69, 9.17) is 22.1 Å². The quantitative estimate of drug-likeness (QED) is 0.921. The molecule has 1 aliphatic carbocycles. The summed E-state index contributed by atoms with van der Waals surface area (Å²) in [5.74, 6) is 0.299. The van der Waals surface area contributed by atoms with Crippen molar-refractivity contribution in [1.29, 1.82) is 0 Å². The Hall–Kier alpha value is -0.940. The van der Waals surface area contributed by atoms with Crippen molar-refractivity contribution in [1.82, 2.24) is 0 Å². The van der Waals surface area contributed by atoms with Crippen LogP contribution in [-0.4, -0.2) is 13.7 Å². The van der Waals surface area contributed by atoms with Crippen LogP contribution in [0.3, 0.4) is 0 Å². The Balaban J connectivity index is 2.59. The largest absolute Gasteiger partial charge is 0.495 e. The van der Waals surface area contributed by atoms with E-state index in [-0.39, 0.29) is 5.02 Å². The molecule has 0 unspecified atom stereocenters. The molecular weight excluding hydrogens is 267 g/mol. The van der Waals surface area contributed by atoms with Crippen LogP contribution in [0.15, 0.2) is 12.1 Å². The third-order valence-corrected chi connectivity index (χ3v) is 3.67. The van der Waals surface area contributed by atoms with Gasteiger partial charge in [0.1, 0.15) is 5.75 Å². The van der Waals surface area contributed by atoms with Crippen LogP contribution in [0.2, 0.25) is 5.02 Å². The minimum absolute atomic E-state index is 0.0259. The number of hydrogen-bond acceptors (Lipinski definition) is 2. The molecule has 18 heavy (non-hydrogen) atoms. The minimum Gasteiger partial charge on any atom is -0.495 e. The summed E-state index contributed by atoms with van der Waals surface area (Å²) in [5.41, 5.74) is 4.95. The fourth-order valence-corrected chi connectivity index (χ4v) is 2.39. The van der Waals surface area contributed by atoms with Gasteiger partial charge in [0.2, 0.25) is 0 Å². The summed E-state index contributed by atoms with van der Waals surface area (Å²) in [5, 5.41) is -0.0259. The van der Waals surface area contributed by atoms with E-state index in [0.717, 1.165) is 25.0 Å². The average Bonchev–Trinajstić information content (AvgIpc) is 3.07. The molecule has 1 fully saturated rings. The fraction of sp³-hybridized carbons (Fsp3) is 0.500. The van der Waals surface area contributed by atoms with E-state index in [1.54, 1.807) is 0 Å². The highest BCUT2D eigenvalue weighted by Crippen LogP contribution is 2.53. The Morgan fingerprint density at radius 3 is 2.39 bits per heavy atom. The first-order valence-electron chi connectivity index (χ1n) is 5.49. The van der Waals surface area contributed by atoms with E-state index in [0.29, 0.717) is 17.9 Å². The molecule has 100 valence electrons. The fourth-order valence-electron chi connectivity index (χ4n) is 2.09. The predicted molar refractivity (Wildman–Crippen MR) is 63.0 cm³/mol. The molecule has 0 bridgehead atoms. The number of alkyl halides is 3. The highest BCUT2D eigenvalue weighted by atomic mass is 35.5. The molecule has 1 aliphatic rings. The predicted octanol–water partition coefficient (Wildman–Crippen LogP) is 3.36. The molecule has 0 aromatic heterocycles. The lowest BCUT2D eigenvalue weighted by atomic mass is 9.93. The molecule has 1 aromatic carbocycles. The smallest absolute Gasteiger partial charge is 0.416 e. The summed E-state index contributed by atoms with van der Waals surface area (Å²) in [4.78, 5) is 0. The van der Waals surface area contributed by atoms with Crippen LogP contribution in [0.5, 0.6) is 5.75 Å². The van der Waals surface area contributed by atoms with Gasteiger partial charge in [0, 0.05) is 17.5 Å². The van der Waals surface area contributed by atoms with Crippen LogP contribution in [0, 0.1) is 0 Å². The molecule has 1 saturated carbocycles. The summed E-state index contributed by atoms with van der Waals surface area (Å²) < 4.78 is 43.4. The number of hydrogen-bond donors (Lipinski definition) is 1. The lowest BCUT2D eigenvalue weighted by Crippen LogP contribution is -2.21. The van der Waals surface area contributed by atoms with Gasteiger partial charge < -0.3 is 10.5 Å². The maximum absolute atomic E-state index is 12.8. The van der Waals surface area contributed by atoms with E-state index >= 15 is 0 Å². The van der Waals surface area contributed by atoms with Crippen LogP contribution in [-0.2, 0) is 11.6 Å². The van der Waals surface area contributed by atoms with E-state index in [9.17, 15) is 13.2 Å². The zero-order chi connectivity index (χ0) is 13.6. The van der Waals surface area contributed by atoms with Gasteiger partial charge in [-0.3, -0.25) is 0 Å². The number of ether oxygens (including phenoxy) is 1. The van der Waals surface area contributed by atoms with Gasteiger partial charge in [-0.05, 0) is 25.0 Å². The van der Waals surface area contributed by atoms with Crippen LogP contribution < -0.4 is 10.5 Å². The second-order valence-electron chi connectivity index (χ2n) is 4.52. The van der Waals surface area contributed by atoms with Gasteiger partial charge in [-0.25, -0.2) is 0 Å². The van der Waals surface area contributed by atoms with Gasteiger partial charge in [0.15, 0.2) is 0 Å². The van der Waals surface area contributed by atoms with Crippen molar-refractivity contribution in [3.63, 3.8) is 0 Å². The molecule has 2 rings (SSSR count). The summed E-state index contributed by atoms with van der Waals surface area (Å²) in [6.45, 7) is 0.293.